The quantitative estimate of drug-likeness (QED) is 0.503. The Kier molecular flexibility index (Phi) is 5.46. The molecule has 0 amide bonds. The largest absolute Gasteiger partial charge is 0.492 e. The van der Waals surface area contributed by atoms with E-state index in [1.165, 1.54) is 12.1 Å². The van der Waals surface area contributed by atoms with Gasteiger partial charge in [-0.1, -0.05) is 18.2 Å². The summed E-state index contributed by atoms with van der Waals surface area (Å²) in [6, 6.07) is 13.8. The van der Waals surface area contributed by atoms with Crippen LogP contribution in [0.3, 0.4) is 0 Å². The van der Waals surface area contributed by atoms with Crippen LogP contribution in [-0.2, 0) is 6.18 Å². The van der Waals surface area contributed by atoms with E-state index in [9.17, 15) is 13.2 Å². The minimum Gasteiger partial charge on any atom is -0.492 e. The van der Waals surface area contributed by atoms with E-state index in [4.69, 9.17) is 10.5 Å². The van der Waals surface area contributed by atoms with E-state index in [1.54, 1.807) is 0 Å². The van der Waals surface area contributed by atoms with Crippen molar-refractivity contribution in [2.24, 2.45) is 10.7 Å². The van der Waals surface area contributed by atoms with Crippen molar-refractivity contribution in [3.05, 3.63) is 60.2 Å². The Morgan fingerprint density at radius 1 is 1.04 bits per heavy atom. The highest BCUT2D eigenvalue weighted by Gasteiger charge is 2.29. The first-order chi connectivity index (χ1) is 10.9. The number of nitrogens with zero attached hydrogens (tertiary/aromatic N) is 1. The van der Waals surface area contributed by atoms with Gasteiger partial charge in [0.1, 0.15) is 12.4 Å². The molecule has 0 spiro atoms. The lowest BCUT2D eigenvalue weighted by molar-refractivity contribution is -0.137. The lowest BCUT2D eigenvalue weighted by Gasteiger charge is -2.09. The summed E-state index contributed by atoms with van der Waals surface area (Å²) in [7, 11) is 0. The van der Waals surface area contributed by atoms with E-state index < -0.39 is 11.7 Å². The third kappa shape index (κ3) is 5.54. The van der Waals surface area contributed by atoms with Gasteiger partial charge in [0, 0.05) is 5.69 Å². The van der Waals surface area contributed by atoms with Gasteiger partial charge in [0.05, 0.1) is 12.1 Å². The van der Waals surface area contributed by atoms with Gasteiger partial charge in [0.25, 0.3) is 0 Å². The fourth-order valence-corrected chi connectivity index (χ4v) is 1.78. The maximum absolute atomic E-state index is 12.4. The van der Waals surface area contributed by atoms with Crippen molar-refractivity contribution in [1.29, 1.82) is 0 Å². The van der Waals surface area contributed by atoms with Gasteiger partial charge in [-0.05, 0) is 36.4 Å². The number of benzene rings is 2. The van der Waals surface area contributed by atoms with E-state index in [0.717, 1.165) is 17.8 Å². The van der Waals surface area contributed by atoms with Gasteiger partial charge in [-0.15, -0.1) is 0 Å². The summed E-state index contributed by atoms with van der Waals surface area (Å²) in [4.78, 5) is 4.07. The first-order valence-corrected chi connectivity index (χ1v) is 6.87. The van der Waals surface area contributed by atoms with Gasteiger partial charge in [-0.3, -0.25) is 0 Å². The van der Waals surface area contributed by atoms with Crippen molar-refractivity contribution in [2.45, 2.75) is 6.18 Å². The van der Waals surface area contributed by atoms with Crippen molar-refractivity contribution in [1.82, 2.24) is 0 Å². The number of aliphatic imine (C=N–C) groups is 1. The van der Waals surface area contributed by atoms with Crippen LogP contribution >= 0.6 is 0 Å². The summed E-state index contributed by atoms with van der Waals surface area (Å²) in [5, 5.41) is 2.91. The van der Waals surface area contributed by atoms with Crippen molar-refractivity contribution in [3.63, 3.8) is 0 Å². The maximum atomic E-state index is 12.4. The van der Waals surface area contributed by atoms with Crippen molar-refractivity contribution >= 4 is 11.6 Å². The van der Waals surface area contributed by atoms with Gasteiger partial charge in [0.15, 0.2) is 5.96 Å². The smallest absolute Gasteiger partial charge is 0.416 e. The van der Waals surface area contributed by atoms with Crippen LogP contribution in [0.15, 0.2) is 59.6 Å². The number of anilines is 1. The van der Waals surface area contributed by atoms with E-state index in [0.29, 0.717) is 5.75 Å². The van der Waals surface area contributed by atoms with E-state index >= 15 is 0 Å². The fourth-order valence-electron chi connectivity index (χ4n) is 1.78. The molecule has 2 aromatic rings. The Hall–Kier alpha value is -2.70. The number of nitrogens with one attached hydrogen (secondary N) is 1. The van der Waals surface area contributed by atoms with Crippen LogP contribution in [0, 0.1) is 0 Å². The third-order valence-electron chi connectivity index (χ3n) is 2.87. The molecule has 2 rings (SSSR count). The molecule has 0 bridgehead atoms. The topological polar surface area (TPSA) is 59.6 Å². The third-order valence-corrected chi connectivity index (χ3v) is 2.87. The van der Waals surface area contributed by atoms with Crippen molar-refractivity contribution < 1.29 is 17.9 Å². The molecule has 0 aliphatic heterocycles. The summed E-state index contributed by atoms with van der Waals surface area (Å²) < 4.78 is 42.6. The number of hydrogen-bond donors (Lipinski definition) is 2. The molecule has 23 heavy (non-hydrogen) atoms. The number of halogens is 3. The zero-order chi connectivity index (χ0) is 16.7. The highest BCUT2D eigenvalue weighted by molar-refractivity contribution is 5.92. The molecule has 122 valence electrons. The molecule has 0 radical (unpaired) electrons. The van der Waals surface area contributed by atoms with E-state index in [2.05, 4.69) is 10.3 Å². The lowest BCUT2D eigenvalue weighted by atomic mass is 10.2. The van der Waals surface area contributed by atoms with Crippen LogP contribution < -0.4 is 15.8 Å². The molecule has 0 saturated carbocycles. The molecule has 3 N–H and O–H groups in total. The number of hydrogen-bond acceptors (Lipinski definition) is 2. The minimum absolute atomic E-state index is 0.211. The number of guanidine groups is 1. The molecule has 0 heterocycles. The van der Waals surface area contributed by atoms with E-state index in [-0.39, 0.29) is 19.1 Å². The number of para-hydroxylation sites is 1. The van der Waals surface area contributed by atoms with Crippen molar-refractivity contribution in [2.75, 3.05) is 18.5 Å². The Morgan fingerprint density at radius 2 is 1.70 bits per heavy atom. The van der Waals surface area contributed by atoms with E-state index in [1.807, 2.05) is 30.3 Å². The van der Waals surface area contributed by atoms with Gasteiger partial charge >= 0.3 is 6.18 Å². The molecule has 0 aromatic heterocycles. The molecular formula is C16H16F3N3O. The molecule has 7 heteroatoms. The number of ether oxygens (including phenoxy) is 1. The van der Waals surface area contributed by atoms with Crippen LogP contribution in [0.25, 0.3) is 0 Å². The molecule has 2 aromatic carbocycles. The second-order valence-electron chi connectivity index (χ2n) is 4.63. The Labute approximate surface area is 131 Å². The molecule has 0 atom stereocenters. The molecule has 0 aliphatic carbocycles. The SMILES string of the molecule is NC(=NCCOc1ccc(C(F)(F)F)cc1)Nc1ccccc1. The standard InChI is InChI=1S/C16H16F3N3O/c17-16(18,19)12-6-8-14(9-7-12)23-11-10-21-15(20)22-13-4-2-1-3-5-13/h1-9H,10-11H2,(H3,20,21,22). The Morgan fingerprint density at radius 3 is 2.30 bits per heavy atom. The fraction of sp³-hybridized carbons (Fsp3) is 0.188. The van der Waals surface area contributed by atoms with Gasteiger partial charge < -0.3 is 15.8 Å². The predicted octanol–water partition coefficient (Wildman–Crippen LogP) is 3.51. The number of rotatable bonds is 5. The Bertz CT molecular complexity index is 640. The summed E-state index contributed by atoms with van der Waals surface area (Å²) in [6.45, 7) is 0.495. The summed E-state index contributed by atoms with van der Waals surface area (Å²) in [6.07, 6.45) is -4.35. The van der Waals surface area contributed by atoms with Crippen LogP contribution in [0.2, 0.25) is 0 Å². The highest BCUT2D eigenvalue weighted by atomic mass is 19.4. The second kappa shape index (κ2) is 7.53. The summed E-state index contributed by atoms with van der Waals surface area (Å²) in [5.41, 5.74) is 5.82. The van der Waals surface area contributed by atoms with Gasteiger partial charge in [0.2, 0.25) is 0 Å². The van der Waals surface area contributed by atoms with Crippen LogP contribution in [-0.4, -0.2) is 19.1 Å². The molecular weight excluding hydrogens is 307 g/mol. The van der Waals surface area contributed by atoms with Gasteiger partial charge in [-0.25, -0.2) is 4.99 Å². The zero-order valence-corrected chi connectivity index (χ0v) is 12.2. The monoisotopic (exact) mass is 323 g/mol. The summed E-state index contributed by atoms with van der Waals surface area (Å²) in [5.74, 6) is 0.593. The lowest BCUT2D eigenvalue weighted by Crippen LogP contribution is -2.23. The average Bonchev–Trinajstić information content (AvgIpc) is 2.52. The normalized spacial score (nSPS) is 12.0. The molecule has 4 nitrogen and oxygen atoms in total. The number of nitrogens with two attached hydrogens (primary N) is 1. The molecule has 0 aliphatic rings. The predicted molar refractivity (Wildman–Crippen MR) is 83.5 cm³/mol. The van der Waals surface area contributed by atoms with Gasteiger partial charge in [-0.2, -0.15) is 13.2 Å². The minimum atomic E-state index is -4.35. The van der Waals surface area contributed by atoms with Crippen molar-refractivity contribution in [3.8, 4) is 5.75 Å². The molecule has 0 saturated heterocycles. The Balaban J connectivity index is 1.77. The van der Waals surface area contributed by atoms with Crippen LogP contribution in [0.4, 0.5) is 18.9 Å². The average molecular weight is 323 g/mol. The number of alkyl halides is 3. The second-order valence-corrected chi connectivity index (χ2v) is 4.63. The summed E-state index contributed by atoms with van der Waals surface area (Å²) >= 11 is 0. The van der Waals surface area contributed by atoms with Crippen LogP contribution in [0.5, 0.6) is 5.75 Å². The highest BCUT2D eigenvalue weighted by Crippen LogP contribution is 2.30. The first-order valence-electron chi connectivity index (χ1n) is 6.87. The molecule has 0 unspecified atom stereocenters. The first kappa shape index (κ1) is 16.7. The van der Waals surface area contributed by atoms with Crippen LogP contribution in [0.1, 0.15) is 5.56 Å². The maximum Gasteiger partial charge on any atom is 0.416 e. The zero-order valence-electron chi connectivity index (χ0n) is 12.2. The molecule has 0 fully saturated rings.